The van der Waals surface area contributed by atoms with Gasteiger partial charge in [0.25, 0.3) is 0 Å². The van der Waals surface area contributed by atoms with Gasteiger partial charge < -0.3 is 20.1 Å². The standard InChI is InChI=1S/C25H28N2O3/c1-2-29-24-12-6-11-22(18-24)27-25(28)19-26-21-13-15-23(16-14-21)30-17-7-10-20-8-4-3-5-9-20/h3-6,8-9,11-16,18,26H,2,7,10,17,19H2,1H3,(H,27,28). The zero-order valence-corrected chi connectivity index (χ0v) is 17.3. The maximum Gasteiger partial charge on any atom is 0.243 e. The average Bonchev–Trinajstić information content (AvgIpc) is 2.77. The Morgan fingerprint density at radius 3 is 2.40 bits per heavy atom. The third kappa shape index (κ3) is 7.17. The number of nitrogens with one attached hydrogen (secondary N) is 2. The minimum Gasteiger partial charge on any atom is -0.494 e. The number of carbonyl (C=O) groups is 1. The maximum absolute atomic E-state index is 12.2. The van der Waals surface area contributed by atoms with E-state index in [9.17, 15) is 4.79 Å². The number of hydrogen-bond donors (Lipinski definition) is 2. The van der Waals surface area contributed by atoms with Crippen LogP contribution in [0.1, 0.15) is 18.9 Å². The van der Waals surface area contributed by atoms with Crippen LogP contribution in [0.3, 0.4) is 0 Å². The molecule has 0 heterocycles. The van der Waals surface area contributed by atoms with Crippen LogP contribution in [0.5, 0.6) is 11.5 Å². The molecule has 5 nitrogen and oxygen atoms in total. The monoisotopic (exact) mass is 404 g/mol. The van der Waals surface area contributed by atoms with Gasteiger partial charge in [-0.25, -0.2) is 0 Å². The molecule has 0 aliphatic rings. The predicted octanol–water partition coefficient (Wildman–Crippen LogP) is 5.15. The smallest absolute Gasteiger partial charge is 0.243 e. The molecule has 0 radical (unpaired) electrons. The van der Waals surface area contributed by atoms with Crippen LogP contribution in [0.25, 0.3) is 0 Å². The summed E-state index contributed by atoms with van der Waals surface area (Å²) in [7, 11) is 0. The summed E-state index contributed by atoms with van der Waals surface area (Å²) in [4.78, 5) is 12.2. The molecule has 3 rings (SSSR count). The van der Waals surface area contributed by atoms with Crippen LogP contribution in [0.4, 0.5) is 11.4 Å². The fraction of sp³-hybridized carbons (Fsp3) is 0.240. The summed E-state index contributed by atoms with van der Waals surface area (Å²) >= 11 is 0. The van der Waals surface area contributed by atoms with Crippen LogP contribution in [-0.2, 0) is 11.2 Å². The highest BCUT2D eigenvalue weighted by molar-refractivity contribution is 5.93. The van der Waals surface area contributed by atoms with E-state index in [1.807, 2.05) is 61.5 Å². The first-order valence-corrected chi connectivity index (χ1v) is 10.3. The highest BCUT2D eigenvalue weighted by Gasteiger charge is 2.04. The molecule has 0 bridgehead atoms. The van der Waals surface area contributed by atoms with Crippen molar-refractivity contribution in [3.05, 3.63) is 84.4 Å². The average molecular weight is 405 g/mol. The predicted molar refractivity (Wildman–Crippen MR) is 121 cm³/mol. The third-order valence-corrected chi connectivity index (χ3v) is 4.46. The van der Waals surface area contributed by atoms with Crippen molar-refractivity contribution in [3.8, 4) is 11.5 Å². The molecular formula is C25H28N2O3. The number of carbonyl (C=O) groups excluding carboxylic acids is 1. The summed E-state index contributed by atoms with van der Waals surface area (Å²) in [6.45, 7) is 3.36. The Kier molecular flexibility index (Phi) is 8.15. The maximum atomic E-state index is 12.2. The lowest BCUT2D eigenvalue weighted by atomic mass is 10.1. The van der Waals surface area contributed by atoms with E-state index in [4.69, 9.17) is 9.47 Å². The van der Waals surface area contributed by atoms with Gasteiger partial charge in [-0.3, -0.25) is 4.79 Å². The lowest BCUT2D eigenvalue weighted by molar-refractivity contribution is -0.114. The van der Waals surface area contributed by atoms with E-state index < -0.39 is 0 Å². The lowest BCUT2D eigenvalue weighted by Gasteiger charge is -2.10. The molecule has 0 fully saturated rings. The Hall–Kier alpha value is -3.47. The second-order valence-corrected chi connectivity index (χ2v) is 6.82. The van der Waals surface area contributed by atoms with Crippen LogP contribution in [-0.4, -0.2) is 25.7 Å². The zero-order chi connectivity index (χ0) is 21.0. The SMILES string of the molecule is CCOc1cccc(NC(=O)CNc2ccc(OCCCc3ccccc3)cc2)c1. The molecule has 0 saturated carbocycles. The molecule has 0 atom stereocenters. The molecule has 0 aliphatic carbocycles. The van der Waals surface area contributed by atoms with Gasteiger partial charge in [0.1, 0.15) is 11.5 Å². The van der Waals surface area contributed by atoms with Crippen molar-refractivity contribution >= 4 is 17.3 Å². The van der Waals surface area contributed by atoms with Crippen molar-refractivity contribution in [1.82, 2.24) is 0 Å². The van der Waals surface area contributed by atoms with Crippen LogP contribution in [0, 0.1) is 0 Å². The van der Waals surface area contributed by atoms with Crippen LogP contribution < -0.4 is 20.1 Å². The molecule has 5 heteroatoms. The first-order valence-electron chi connectivity index (χ1n) is 10.3. The summed E-state index contributed by atoms with van der Waals surface area (Å²) in [5, 5.41) is 5.99. The highest BCUT2D eigenvalue weighted by atomic mass is 16.5. The summed E-state index contributed by atoms with van der Waals surface area (Å²) < 4.78 is 11.2. The Balaban J connectivity index is 1.37. The molecule has 3 aromatic carbocycles. The lowest BCUT2D eigenvalue weighted by Crippen LogP contribution is -2.21. The fourth-order valence-corrected chi connectivity index (χ4v) is 3.00. The topological polar surface area (TPSA) is 59.6 Å². The second kappa shape index (κ2) is 11.5. The fourth-order valence-electron chi connectivity index (χ4n) is 3.00. The van der Waals surface area contributed by atoms with Gasteiger partial charge in [-0.2, -0.15) is 0 Å². The van der Waals surface area contributed by atoms with Crippen molar-refractivity contribution < 1.29 is 14.3 Å². The highest BCUT2D eigenvalue weighted by Crippen LogP contribution is 2.18. The van der Waals surface area contributed by atoms with Crippen molar-refractivity contribution in [3.63, 3.8) is 0 Å². The van der Waals surface area contributed by atoms with E-state index in [2.05, 4.69) is 34.9 Å². The molecule has 0 aliphatic heterocycles. The molecule has 156 valence electrons. The van der Waals surface area contributed by atoms with E-state index >= 15 is 0 Å². The van der Waals surface area contributed by atoms with Crippen LogP contribution in [0.2, 0.25) is 0 Å². The number of anilines is 2. The minimum absolute atomic E-state index is 0.120. The van der Waals surface area contributed by atoms with Gasteiger partial charge in [-0.05, 0) is 61.7 Å². The van der Waals surface area contributed by atoms with Crippen LogP contribution in [0.15, 0.2) is 78.9 Å². The summed E-state index contributed by atoms with van der Waals surface area (Å²) in [6.07, 6.45) is 1.97. The number of aryl methyl sites for hydroxylation is 1. The number of rotatable bonds is 11. The van der Waals surface area contributed by atoms with Gasteiger partial charge in [-0.15, -0.1) is 0 Å². The van der Waals surface area contributed by atoms with E-state index in [0.29, 0.717) is 18.9 Å². The molecule has 0 unspecified atom stereocenters. The number of benzene rings is 3. The zero-order valence-electron chi connectivity index (χ0n) is 17.3. The van der Waals surface area contributed by atoms with Crippen molar-refractivity contribution in [2.24, 2.45) is 0 Å². The first-order chi connectivity index (χ1) is 14.7. The summed E-state index contributed by atoms with van der Waals surface area (Å²) in [5.41, 5.74) is 2.90. The minimum atomic E-state index is -0.120. The molecular weight excluding hydrogens is 376 g/mol. The Morgan fingerprint density at radius 2 is 1.63 bits per heavy atom. The molecule has 3 aromatic rings. The number of ether oxygens (including phenoxy) is 2. The number of amides is 1. The van der Waals surface area contributed by atoms with Crippen LogP contribution >= 0.6 is 0 Å². The van der Waals surface area contributed by atoms with E-state index in [0.717, 1.165) is 30.0 Å². The molecule has 0 saturated heterocycles. The van der Waals surface area contributed by atoms with Crippen molar-refractivity contribution in [2.75, 3.05) is 30.4 Å². The molecule has 2 N–H and O–H groups in total. The number of hydrogen-bond acceptors (Lipinski definition) is 4. The van der Waals surface area contributed by atoms with Gasteiger partial charge in [0.15, 0.2) is 0 Å². The normalized spacial score (nSPS) is 10.3. The van der Waals surface area contributed by atoms with E-state index in [-0.39, 0.29) is 12.5 Å². The second-order valence-electron chi connectivity index (χ2n) is 6.82. The third-order valence-electron chi connectivity index (χ3n) is 4.46. The molecule has 0 spiro atoms. The summed E-state index contributed by atoms with van der Waals surface area (Å²) in [6, 6.07) is 25.4. The Labute approximate surface area is 178 Å². The Bertz CT molecular complexity index is 911. The van der Waals surface area contributed by atoms with Gasteiger partial charge in [0.2, 0.25) is 5.91 Å². The van der Waals surface area contributed by atoms with Gasteiger partial charge in [-0.1, -0.05) is 36.4 Å². The van der Waals surface area contributed by atoms with Gasteiger partial charge in [0, 0.05) is 17.4 Å². The van der Waals surface area contributed by atoms with E-state index in [1.54, 1.807) is 0 Å². The van der Waals surface area contributed by atoms with Gasteiger partial charge >= 0.3 is 0 Å². The largest absolute Gasteiger partial charge is 0.494 e. The summed E-state index contributed by atoms with van der Waals surface area (Å²) in [5.74, 6) is 1.44. The van der Waals surface area contributed by atoms with Crippen molar-refractivity contribution in [1.29, 1.82) is 0 Å². The first kappa shape index (κ1) is 21.2. The Morgan fingerprint density at radius 1 is 0.833 bits per heavy atom. The molecule has 1 amide bonds. The van der Waals surface area contributed by atoms with Crippen molar-refractivity contribution in [2.45, 2.75) is 19.8 Å². The molecule has 0 aromatic heterocycles. The van der Waals surface area contributed by atoms with E-state index in [1.165, 1.54) is 5.56 Å². The van der Waals surface area contributed by atoms with Gasteiger partial charge in [0.05, 0.1) is 19.8 Å². The quantitative estimate of drug-likeness (QED) is 0.434. The molecule has 30 heavy (non-hydrogen) atoms.